The quantitative estimate of drug-likeness (QED) is 0.168. The molecule has 5 amide bonds. The molecule has 8 rings (SSSR count). The van der Waals surface area contributed by atoms with Gasteiger partial charge in [-0.15, -0.1) is 0 Å². The number of ether oxygens (including phenoxy) is 1. The number of piperidine rings is 2. The molecule has 1 saturated carbocycles. The number of pyridine rings is 1. The van der Waals surface area contributed by atoms with E-state index in [4.69, 9.17) is 28.5 Å². The van der Waals surface area contributed by atoms with E-state index in [0.29, 0.717) is 40.7 Å². The molecule has 3 aromatic rings. The molecular formula is C42H44N8O6S. The highest BCUT2D eigenvalue weighted by Crippen LogP contribution is 2.36. The molecule has 14 nitrogen and oxygen atoms in total. The van der Waals surface area contributed by atoms with E-state index in [0.717, 1.165) is 67.2 Å². The van der Waals surface area contributed by atoms with Crippen LogP contribution in [0.25, 0.3) is 4.85 Å². The Balaban J connectivity index is 0.775. The fourth-order valence-corrected chi connectivity index (χ4v) is 8.84. The molecule has 5 aliphatic rings. The first-order valence-electron chi connectivity index (χ1n) is 19.4. The number of thiocarbonyl (C=S) groups is 1. The molecule has 5 heterocycles. The van der Waals surface area contributed by atoms with Gasteiger partial charge in [0.15, 0.2) is 10.8 Å². The molecule has 0 bridgehead atoms. The van der Waals surface area contributed by atoms with Gasteiger partial charge in [0.25, 0.3) is 17.7 Å². The number of nitrogens with one attached hydrogen (secondary N) is 2. The second kappa shape index (κ2) is 15.0. The van der Waals surface area contributed by atoms with Crippen molar-refractivity contribution in [2.45, 2.75) is 89.6 Å². The molecule has 3 saturated heterocycles. The van der Waals surface area contributed by atoms with Crippen LogP contribution < -0.4 is 25.2 Å². The number of aromatic nitrogens is 1. The summed E-state index contributed by atoms with van der Waals surface area (Å²) < 4.78 is 6.17. The largest absolute Gasteiger partial charge is 0.490 e. The van der Waals surface area contributed by atoms with Crippen molar-refractivity contribution in [2.24, 2.45) is 5.92 Å². The molecule has 1 unspecified atom stereocenters. The van der Waals surface area contributed by atoms with Crippen molar-refractivity contribution in [3.8, 4) is 5.75 Å². The van der Waals surface area contributed by atoms with Gasteiger partial charge in [-0.1, -0.05) is 12.1 Å². The van der Waals surface area contributed by atoms with Gasteiger partial charge in [-0.2, -0.15) is 0 Å². The maximum Gasteiger partial charge on any atom is 0.262 e. The highest BCUT2D eigenvalue weighted by Gasteiger charge is 2.49. The molecule has 0 spiro atoms. The van der Waals surface area contributed by atoms with Crippen molar-refractivity contribution in [3.05, 3.63) is 88.4 Å². The smallest absolute Gasteiger partial charge is 0.262 e. The fourth-order valence-electron chi connectivity index (χ4n) is 8.36. The second-order valence-electron chi connectivity index (χ2n) is 16.1. The molecule has 2 N–H and O–H groups in total. The van der Waals surface area contributed by atoms with Gasteiger partial charge in [-0.05, 0) is 125 Å². The van der Waals surface area contributed by atoms with Crippen LogP contribution in [0.2, 0.25) is 0 Å². The second-order valence-corrected chi connectivity index (χ2v) is 16.4. The van der Waals surface area contributed by atoms with Crippen molar-refractivity contribution < 1.29 is 28.7 Å². The van der Waals surface area contributed by atoms with Crippen LogP contribution in [0.15, 0.2) is 54.7 Å². The van der Waals surface area contributed by atoms with Crippen molar-refractivity contribution >= 4 is 64.1 Å². The first kappa shape index (κ1) is 38.2. The first-order chi connectivity index (χ1) is 27.3. The van der Waals surface area contributed by atoms with E-state index in [1.54, 1.807) is 35.2 Å². The van der Waals surface area contributed by atoms with E-state index in [1.807, 2.05) is 44.0 Å². The summed E-state index contributed by atoms with van der Waals surface area (Å²) in [7, 11) is 0. The number of carbonyl (C=O) groups excluding carboxylic acids is 5. The van der Waals surface area contributed by atoms with Gasteiger partial charge in [0, 0.05) is 44.0 Å². The lowest BCUT2D eigenvalue weighted by atomic mass is 9.88. The van der Waals surface area contributed by atoms with Crippen LogP contribution in [-0.2, 0) is 20.9 Å². The van der Waals surface area contributed by atoms with E-state index in [-0.39, 0.29) is 36.0 Å². The maximum atomic E-state index is 13.6. The number of amides is 5. The third kappa shape index (κ3) is 7.12. The number of fused-ring (bicyclic) bond motifs is 1. The summed E-state index contributed by atoms with van der Waals surface area (Å²) in [5.41, 5.74) is 2.58. The van der Waals surface area contributed by atoms with E-state index >= 15 is 0 Å². The van der Waals surface area contributed by atoms with Gasteiger partial charge in [-0.25, -0.2) is 9.83 Å². The maximum absolute atomic E-state index is 13.6. The first-order valence-corrected chi connectivity index (χ1v) is 19.8. The van der Waals surface area contributed by atoms with E-state index in [1.165, 1.54) is 0 Å². The van der Waals surface area contributed by atoms with Crippen LogP contribution >= 0.6 is 12.2 Å². The predicted molar refractivity (Wildman–Crippen MR) is 215 cm³/mol. The average Bonchev–Trinajstić information content (AvgIpc) is 3.52. The zero-order valence-electron chi connectivity index (χ0n) is 32.1. The minimum absolute atomic E-state index is 0.00540. The van der Waals surface area contributed by atoms with E-state index in [2.05, 4.69) is 26.4 Å². The Morgan fingerprint density at radius 2 is 1.74 bits per heavy atom. The molecule has 2 aromatic carbocycles. The molecule has 1 aromatic heterocycles. The van der Waals surface area contributed by atoms with Crippen LogP contribution in [0.3, 0.4) is 0 Å². The fraction of sp³-hybridized carbons (Fsp3) is 0.429. The number of aryl methyl sites for hydroxylation is 1. The number of imide groups is 2. The summed E-state index contributed by atoms with van der Waals surface area (Å²) in [6.45, 7) is 16.2. The summed E-state index contributed by atoms with van der Waals surface area (Å²) in [6.07, 6.45) is 5.82. The van der Waals surface area contributed by atoms with Crippen molar-refractivity contribution in [1.82, 2.24) is 25.4 Å². The Labute approximate surface area is 336 Å². The molecule has 294 valence electrons. The van der Waals surface area contributed by atoms with Gasteiger partial charge in [0.2, 0.25) is 11.8 Å². The highest BCUT2D eigenvalue weighted by molar-refractivity contribution is 7.80. The number of rotatable bonds is 10. The lowest BCUT2D eigenvalue weighted by Crippen LogP contribution is -2.54. The molecule has 0 radical (unpaired) electrons. The van der Waals surface area contributed by atoms with Gasteiger partial charge < -0.3 is 19.9 Å². The Morgan fingerprint density at radius 1 is 0.982 bits per heavy atom. The molecule has 1 atom stereocenters. The van der Waals surface area contributed by atoms with Crippen molar-refractivity contribution in [2.75, 3.05) is 29.4 Å². The Morgan fingerprint density at radius 3 is 2.42 bits per heavy atom. The van der Waals surface area contributed by atoms with Crippen LogP contribution in [0.4, 0.5) is 17.2 Å². The molecule has 4 fully saturated rings. The topological polar surface area (TPSA) is 149 Å². The van der Waals surface area contributed by atoms with Gasteiger partial charge in [-0.3, -0.25) is 39.1 Å². The molecular weight excluding hydrogens is 745 g/mol. The third-order valence-corrected chi connectivity index (χ3v) is 12.4. The lowest BCUT2D eigenvalue weighted by Gasteiger charge is -2.38. The highest BCUT2D eigenvalue weighted by atomic mass is 32.1. The Hall–Kier alpha value is -5.72. The summed E-state index contributed by atoms with van der Waals surface area (Å²) in [4.78, 5) is 78.8. The summed E-state index contributed by atoms with van der Waals surface area (Å²) in [6, 6.07) is 13.6. The number of hydrogen-bond acceptors (Lipinski definition) is 10. The SMILES string of the molecule is [C-]#[N+]c1ccc(N2C(=O)C(C)(C)N(Cc3ccc(N4CCC(CNC5CC(Oc6ccc7c(c6)C(=O)N(C6CCC(=O)NC6=O)C7=O)C5)CC4)nc3)C2=S)cc1C. The zero-order valence-corrected chi connectivity index (χ0v) is 32.9. The van der Waals surface area contributed by atoms with Crippen molar-refractivity contribution in [1.29, 1.82) is 0 Å². The van der Waals surface area contributed by atoms with E-state index < -0.39 is 35.2 Å². The number of benzene rings is 2. The number of nitrogens with zero attached hydrogens (tertiary/aromatic N) is 6. The number of hydrogen-bond donors (Lipinski definition) is 2. The monoisotopic (exact) mass is 788 g/mol. The molecule has 15 heteroatoms. The summed E-state index contributed by atoms with van der Waals surface area (Å²) in [5, 5.41) is 6.35. The lowest BCUT2D eigenvalue weighted by molar-refractivity contribution is -0.136. The van der Waals surface area contributed by atoms with Gasteiger partial charge >= 0.3 is 0 Å². The number of carbonyl (C=O) groups is 5. The molecule has 57 heavy (non-hydrogen) atoms. The number of anilines is 2. The van der Waals surface area contributed by atoms with E-state index in [9.17, 15) is 24.0 Å². The molecule has 1 aliphatic carbocycles. The van der Waals surface area contributed by atoms with Crippen LogP contribution in [-0.4, -0.2) is 92.8 Å². The van der Waals surface area contributed by atoms with Gasteiger partial charge in [0.05, 0.1) is 17.7 Å². The van der Waals surface area contributed by atoms with Crippen LogP contribution in [0.1, 0.15) is 84.2 Å². The average molecular weight is 789 g/mol. The zero-order chi connectivity index (χ0) is 40.2. The standard InChI is InChI=1S/C42H44N8O6S/c1-24-17-28(6-9-33(24)43-4)49-40(55)42(2,3)48(41(49)57)23-26-5-11-35(45-22-26)47-15-13-25(14-16-47)21-44-27-18-30(19-27)56-29-7-8-31-32(20-29)39(54)50(38(31)53)34-10-12-36(51)46-37(34)52/h5-9,11,17,20,22,25,27,30,34,44H,10,12-16,18-19,21,23H2,1-3H3,(H,46,51,52). The Bertz CT molecular complexity index is 2220. The summed E-state index contributed by atoms with van der Waals surface area (Å²) >= 11 is 5.83. The van der Waals surface area contributed by atoms with Crippen LogP contribution in [0.5, 0.6) is 5.75 Å². The normalized spacial score (nSPS) is 23.4. The molecule has 4 aliphatic heterocycles. The third-order valence-electron chi connectivity index (χ3n) is 12.0. The van der Waals surface area contributed by atoms with Crippen LogP contribution in [0, 0.1) is 19.4 Å². The van der Waals surface area contributed by atoms with Crippen molar-refractivity contribution in [3.63, 3.8) is 0 Å². The Kier molecular flexibility index (Phi) is 10.0. The minimum Gasteiger partial charge on any atom is -0.490 e. The predicted octanol–water partition coefficient (Wildman–Crippen LogP) is 4.67. The minimum atomic E-state index is -0.997. The van der Waals surface area contributed by atoms with Gasteiger partial charge in [0.1, 0.15) is 29.3 Å². The summed E-state index contributed by atoms with van der Waals surface area (Å²) in [5.74, 6) is -0.223.